The summed E-state index contributed by atoms with van der Waals surface area (Å²) in [6.45, 7) is 7.85. The Balaban J connectivity index is 1.78. The first-order chi connectivity index (χ1) is 15.0. The third-order valence-electron chi connectivity index (χ3n) is 5.50. The van der Waals surface area contributed by atoms with Gasteiger partial charge in [-0.3, -0.25) is 4.79 Å². The number of benzene rings is 2. The maximum Gasteiger partial charge on any atom is 0.185 e. The predicted octanol–water partition coefficient (Wildman–Crippen LogP) is 4.37. The molecule has 0 amide bonds. The lowest BCUT2D eigenvalue weighted by Gasteiger charge is -2.22. The fourth-order valence-electron chi connectivity index (χ4n) is 4.10. The first-order valence-electron chi connectivity index (χ1n) is 11.1. The lowest BCUT2D eigenvalue weighted by Crippen LogP contribution is -3.13. The van der Waals surface area contributed by atoms with Gasteiger partial charge in [0, 0.05) is 32.7 Å². The van der Waals surface area contributed by atoms with Crippen molar-refractivity contribution in [1.29, 1.82) is 0 Å². The molecule has 1 atom stereocenters. The summed E-state index contributed by atoms with van der Waals surface area (Å²) in [4.78, 5) is 14.0. The molecule has 0 fully saturated rings. The van der Waals surface area contributed by atoms with E-state index < -0.39 is 6.10 Å². The van der Waals surface area contributed by atoms with E-state index in [9.17, 15) is 9.90 Å². The Morgan fingerprint density at radius 2 is 1.77 bits per heavy atom. The molecule has 3 aromatic rings. The van der Waals surface area contributed by atoms with Gasteiger partial charge in [0.05, 0.1) is 19.6 Å². The van der Waals surface area contributed by atoms with E-state index in [2.05, 4.69) is 46.5 Å². The monoisotopic (exact) mass is 483 g/mol. The Morgan fingerprint density at radius 3 is 2.45 bits per heavy atom. The number of allylic oxidation sites excluding steroid dienone is 1. The van der Waals surface area contributed by atoms with Crippen LogP contribution in [0.2, 0.25) is 0 Å². The van der Waals surface area contributed by atoms with Crippen molar-refractivity contribution in [3.63, 3.8) is 0 Å². The van der Waals surface area contributed by atoms with Crippen molar-refractivity contribution in [3.05, 3.63) is 76.4 Å². The number of halogens is 1. The van der Waals surface area contributed by atoms with Gasteiger partial charge < -0.3 is 14.6 Å². The van der Waals surface area contributed by atoms with Gasteiger partial charge in [-0.1, -0.05) is 48.0 Å². The highest BCUT2D eigenvalue weighted by atomic mass is 79.9. The Bertz CT molecular complexity index is 1020. The molecule has 0 aliphatic carbocycles. The van der Waals surface area contributed by atoms with Crippen LogP contribution in [0.25, 0.3) is 17.0 Å². The van der Waals surface area contributed by atoms with Crippen LogP contribution in [0.1, 0.15) is 42.6 Å². The lowest BCUT2D eigenvalue weighted by molar-refractivity contribution is -0.903. The van der Waals surface area contributed by atoms with Crippen LogP contribution in [0.5, 0.6) is 0 Å². The number of ketones is 1. The van der Waals surface area contributed by atoms with Crippen LogP contribution >= 0.6 is 15.9 Å². The second kappa shape index (κ2) is 11.4. The molecule has 2 N–H and O–H groups in total. The molecule has 1 aromatic heterocycles. The molecule has 5 heteroatoms. The van der Waals surface area contributed by atoms with Crippen molar-refractivity contribution in [1.82, 2.24) is 4.57 Å². The van der Waals surface area contributed by atoms with E-state index in [4.69, 9.17) is 0 Å². The summed E-state index contributed by atoms with van der Waals surface area (Å²) in [6, 6.07) is 15.5. The lowest BCUT2D eigenvalue weighted by atomic mass is 10.1. The molecule has 0 bridgehead atoms. The fraction of sp³-hybridized carbons (Fsp3) is 0.346. The van der Waals surface area contributed by atoms with Gasteiger partial charge >= 0.3 is 0 Å². The smallest absolute Gasteiger partial charge is 0.185 e. The highest BCUT2D eigenvalue weighted by Crippen LogP contribution is 2.23. The molecule has 0 aliphatic rings. The molecule has 1 heterocycles. The second-order valence-corrected chi connectivity index (χ2v) is 8.98. The summed E-state index contributed by atoms with van der Waals surface area (Å²) >= 11 is 3.40. The molecule has 164 valence electrons. The van der Waals surface area contributed by atoms with E-state index in [0.717, 1.165) is 53.4 Å². The van der Waals surface area contributed by atoms with Gasteiger partial charge in [-0.15, -0.1) is 0 Å². The maximum absolute atomic E-state index is 12.5. The minimum absolute atomic E-state index is 0.0252. The Hall–Kier alpha value is -2.21. The van der Waals surface area contributed by atoms with Gasteiger partial charge in [0.25, 0.3) is 0 Å². The van der Waals surface area contributed by atoms with E-state index >= 15 is 0 Å². The molecule has 4 nitrogen and oxygen atoms in total. The number of aliphatic hydroxyl groups excluding tert-OH is 1. The molecule has 0 radical (unpaired) electrons. The Morgan fingerprint density at radius 1 is 1.10 bits per heavy atom. The zero-order valence-electron chi connectivity index (χ0n) is 18.4. The van der Waals surface area contributed by atoms with Gasteiger partial charge in [0.1, 0.15) is 12.6 Å². The average Bonchev–Trinajstić information content (AvgIpc) is 3.10. The zero-order valence-corrected chi connectivity index (χ0v) is 19.9. The highest BCUT2D eigenvalue weighted by molar-refractivity contribution is 9.10. The SMILES string of the molecule is CCC[NH+](CCC)C[C@H](O)Cn1cc(/C=C/C(=O)c2ccc(Br)cc2)c2ccccc21. The van der Waals surface area contributed by atoms with Gasteiger partial charge in [-0.2, -0.15) is 0 Å². The van der Waals surface area contributed by atoms with Crippen molar-refractivity contribution in [2.24, 2.45) is 0 Å². The summed E-state index contributed by atoms with van der Waals surface area (Å²) in [7, 11) is 0. The number of rotatable bonds is 11. The molecule has 3 rings (SSSR count). The number of hydrogen-bond donors (Lipinski definition) is 2. The summed E-state index contributed by atoms with van der Waals surface area (Å²) in [6.07, 6.45) is 7.37. The number of para-hydroxylation sites is 1. The van der Waals surface area contributed by atoms with Gasteiger partial charge in [-0.25, -0.2) is 0 Å². The van der Waals surface area contributed by atoms with Crippen LogP contribution in [0.4, 0.5) is 0 Å². The van der Waals surface area contributed by atoms with E-state index in [0.29, 0.717) is 12.1 Å². The standard InChI is InChI=1S/C26H31BrN2O2/c1-3-15-28(16-4-2)18-23(30)19-29-17-21(24-7-5-6-8-25(24)29)11-14-26(31)20-9-12-22(27)13-10-20/h5-14,17,23,30H,3-4,15-16,18-19H2,1-2H3/p+1/b14-11+/t23-/m0/s1. The molecule has 0 saturated carbocycles. The van der Waals surface area contributed by atoms with Crippen molar-refractivity contribution in [2.75, 3.05) is 19.6 Å². The number of carbonyl (C=O) groups excluding carboxylic acids is 1. The van der Waals surface area contributed by atoms with Gasteiger partial charge in [0.15, 0.2) is 5.78 Å². The van der Waals surface area contributed by atoms with Crippen molar-refractivity contribution < 1.29 is 14.8 Å². The second-order valence-electron chi connectivity index (χ2n) is 8.07. The van der Waals surface area contributed by atoms with Crippen molar-refractivity contribution in [2.45, 2.75) is 39.3 Å². The van der Waals surface area contributed by atoms with Crippen LogP contribution in [-0.2, 0) is 6.54 Å². The maximum atomic E-state index is 12.5. The normalized spacial score (nSPS) is 12.8. The van der Waals surface area contributed by atoms with Crippen LogP contribution in [-0.4, -0.2) is 41.2 Å². The Kier molecular flexibility index (Phi) is 8.64. The van der Waals surface area contributed by atoms with E-state index in [1.165, 1.54) is 4.90 Å². The van der Waals surface area contributed by atoms with Crippen LogP contribution in [0.3, 0.4) is 0 Å². The predicted molar refractivity (Wildman–Crippen MR) is 132 cm³/mol. The average molecular weight is 484 g/mol. The molecule has 0 spiro atoms. The van der Waals surface area contributed by atoms with Crippen LogP contribution in [0, 0.1) is 0 Å². The third-order valence-corrected chi connectivity index (χ3v) is 6.03. The van der Waals surface area contributed by atoms with E-state index in [1.54, 1.807) is 6.08 Å². The molecule has 0 aliphatic heterocycles. The minimum atomic E-state index is -0.412. The van der Waals surface area contributed by atoms with Gasteiger partial charge in [-0.05, 0) is 55.3 Å². The molecule has 0 saturated heterocycles. The summed E-state index contributed by atoms with van der Waals surface area (Å²) < 4.78 is 3.06. The minimum Gasteiger partial charge on any atom is -0.385 e. The number of hydrogen-bond acceptors (Lipinski definition) is 2. The number of nitrogens with one attached hydrogen (secondary N) is 1. The third kappa shape index (κ3) is 6.39. The van der Waals surface area contributed by atoms with E-state index in [1.807, 2.05) is 48.7 Å². The molecule has 31 heavy (non-hydrogen) atoms. The first kappa shape index (κ1) is 23.5. The zero-order chi connectivity index (χ0) is 22.2. The molecule has 0 unspecified atom stereocenters. The summed E-state index contributed by atoms with van der Waals surface area (Å²) in [5.74, 6) is -0.0252. The van der Waals surface area contributed by atoms with Crippen molar-refractivity contribution >= 4 is 38.7 Å². The Labute approximate surface area is 193 Å². The number of carbonyl (C=O) groups is 1. The quantitative estimate of drug-likeness (QED) is 0.314. The van der Waals surface area contributed by atoms with Crippen LogP contribution < -0.4 is 4.90 Å². The summed E-state index contributed by atoms with van der Waals surface area (Å²) in [5, 5.41) is 11.9. The summed E-state index contributed by atoms with van der Waals surface area (Å²) in [5.41, 5.74) is 2.72. The highest BCUT2D eigenvalue weighted by Gasteiger charge is 2.16. The number of quaternary nitrogens is 1. The topological polar surface area (TPSA) is 46.7 Å². The fourth-order valence-corrected chi connectivity index (χ4v) is 4.36. The van der Waals surface area contributed by atoms with Crippen molar-refractivity contribution in [3.8, 4) is 0 Å². The number of fused-ring (bicyclic) bond motifs is 1. The molecular weight excluding hydrogens is 452 g/mol. The number of aliphatic hydroxyl groups is 1. The van der Waals surface area contributed by atoms with Gasteiger partial charge in [0.2, 0.25) is 0 Å². The van der Waals surface area contributed by atoms with Crippen LogP contribution in [0.15, 0.2) is 65.3 Å². The first-order valence-corrected chi connectivity index (χ1v) is 11.9. The molecule has 2 aromatic carbocycles. The number of nitrogens with zero attached hydrogens (tertiary/aromatic N) is 1. The van der Waals surface area contributed by atoms with E-state index in [-0.39, 0.29) is 5.78 Å². The molecular formula is C26H32BrN2O2+. The largest absolute Gasteiger partial charge is 0.385 e. The number of aromatic nitrogens is 1.